The zero-order chi connectivity index (χ0) is 13.8. The van der Waals surface area contributed by atoms with Crippen molar-refractivity contribution in [1.82, 2.24) is 9.80 Å². The molecule has 0 bridgehead atoms. The highest BCUT2D eigenvalue weighted by atomic mass is 16.4. The summed E-state index contributed by atoms with van der Waals surface area (Å²) >= 11 is 0. The fourth-order valence-electron chi connectivity index (χ4n) is 2.59. The Labute approximate surface area is 111 Å². The quantitative estimate of drug-likeness (QED) is 0.816. The number of carbonyl (C=O) groups is 1. The van der Waals surface area contributed by atoms with Gasteiger partial charge in [-0.15, -0.1) is 0 Å². The molecule has 4 heteroatoms. The van der Waals surface area contributed by atoms with Gasteiger partial charge in [-0.25, -0.2) is 0 Å². The third-order valence-corrected chi connectivity index (χ3v) is 4.01. The smallest absolute Gasteiger partial charge is 0.309 e. The lowest BCUT2D eigenvalue weighted by molar-refractivity contribution is -0.147. The molecule has 1 saturated heterocycles. The van der Waals surface area contributed by atoms with Crippen molar-refractivity contribution in [1.29, 1.82) is 0 Å². The van der Waals surface area contributed by atoms with Gasteiger partial charge < -0.3 is 10.0 Å². The molecule has 106 valence electrons. The average molecular weight is 256 g/mol. The summed E-state index contributed by atoms with van der Waals surface area (Å²) in [6.45, 7) is 10.3. The Morgan fingerprint density at radius 1 is 1.39 bits per heavy atom. The third kappa shape index (κ3) is 4.58. The maximum atomic E-state index is 11.0. The summed E-state index contributed by atoms with van der Waals surface area (Å²) in [4.78, 5) is 15.9. The zero-order valence-electron chi connectivity index (χ0n) is 12.3. The summed E-state index contributed by atoms with van der Waals surface area (Å²) in [7, 11) is 2.17. The van der Waals surface area contributed by atoms with Crippen LogP contribution in [-0.4, -0.2) is 60.1 Å². The van der Waals surface area contributed by atoms with E-state index in [0.717, 1.165) is 32.5 Å². The summed E-state index contributed by atoms with van der Waals surface area (Å²) in [5, 5.41) is 9.09. The van der Waals surface area contributed by atoms with Crippen LogP contribution in [0.1, 0.15) is 40.0 Å². The summed E-state index contributed by atoms with van der Waals surface area (Å²) in [5.41, 5.74) is -0.591. The van der Waals surface area contributed by atoms with Crippen LogP contribution in [0.2, 0.25) is 0 Å². The predicted octanol–water partition coefficient (Wildman–Crippen LogP) is 1.90. The molecule has 1 aliphatic rings. The molecule has 0 spiro atoms. The maximum Gasteiger partial charge on any atom is 0.309 e. The van der Waals surface area contributed by atoms with E-state index in [1.165, 1.54) is 13.0 Å². The van der Waals surface area contributed by atoms with Gasteiger partial charge >= 0.3 is 5.97 Å². The molecular formula is C14H28N2O2. The van der Waals surface area contributed by atoms with Crippen molar-refractivity contribution in [2.45, 2.75) is 46.1 Å². The Morgan fingerprint density at radius 2 is 2.06 bits per heavy atom. The number of hydrogen-bond donors (Lipinski definition) is 1. The van der Waals surface area contributed by atoms with E-state index >= 15 is 0 Å². The molecule has 1 atom stereocenters. The molecule has 1 aliphatic heterocycles. The van der Waals surface area contributed by atoms with Gasteiger partial charge in [-0.1, -0.05) is 0 Å². The van der Waals surface area contributed by atoms with Crippen LogP contribution in [0.5, 0.6) is 0 Å². The molecule has 1 rings (SSSR count). The van der Waals surface area contributed by atoms with Crippen LogP contribution >= 0.6 is 0 Å². The molecule has 0 amide bonds. The fourth-order valence-corrected chi connectivity index (χ4v) is 2.59. The second-order valence-electron chi connectivity index (χ2n) is 6.29. The van der Waals surface area contributed by atoms with E-state index in [-0.39, 0.29) is 0 Å². The SMILES string of the molecule is CC1CN(C)CCCN1CCCC(C)(C)C(=O)O. The van der Waals surface area contributed by atoms with E-state index < -0.39 is 11.4 Å². The standard InChI is InChI=1S/C14H28N2O2/c1-12-11-15(4)8-6-10-16(12)9-5-7-14(2,3)13(17)18/h12H,5-11H2,1-4H3,(H,17,18). The molecule has 1 unspecified atom stereocenters. The first kappa shape index (κ1) is 15.4. The van der Waals surface area contributed by atoms with Gasteiger partial charge in [0.15, 0.2) is 0 Å². The van der Waals surface area contributed by atoms with Crippen molar-refractivity contribution < 1.29 is 9.90 Å². The molecule has 0 aliphatic carbocycles. The molecule has 1 N–H and O–H groups in total. The van der Waals surface area contributed by atoms with Crippen molar-refractivity contribution in [3.8, 4) is 0 Å². The Balaban J connectivity index is 2.36. The summed E-state index contributed by atoms with van der Waals surface area (Å²) in [6.07, 6.45) is 2.93. The minimum atomic E-state index is -0.689. The molecule has 4 nitrogen and oxygen atoms in total. The first-order valence-corrected chi connectivity index (χ1v) is 6.99. The topological polar surface area (TPSA) is 43.8 Å². The van der Waals surface area contributed by atoms with E-state index in [0.29, 0.717) is 6.04 Å². The number of aliphatic carboxylic acids is 1. The molecule has 0 aromatic rings. The van der Waals surface area contributed by atoms with Crippen LogP contribution in [0.3, 0.4) is 0 Å². The van der Waals surface area contributed by atoms with Crippen molar-refractivity contribution in [2.24, 2.45) is 5.41 Å². The van der Waals surface area contributed by atoms with Gasteiger partial charge in [0.2, 0.25) is 0 Å². The largest absolute Gasteiger partial charge is 0.481 e. The zero-order valence-corrected chi connectivity index (χ0v) is 12.3. The highest BCUT2D eigenvalue weighted by Gasteiger charge is 2.27. The Bertz CT molecular complexity index is 279. The van der Waals surface area contributed by atoms with E-state index in [4.69, 9.17) is 5.11 Å². The van der Waals surface area contributed by atoms with Crippen LogP contribution in [-0.2, 0) is 4.79 Å². The maximum absolute atomic E-state index is 11.0. The van der Waals surface area contributed by atoms with Crippen molar-refractivity contribution in [3.05, 3.63) is 0 Å². The van der Waals surface area contributed by atoms with E-state index in [2.05, 4.69) is 23.8 Å². The Hall–Kier alpha value is -0.610. The lowest BCUT2D eigenvalue weighted by atomic mass is 9.88. The lowest BCUT2D eigenvalue weighted by Gasteiger charge is -2.29. The molecular weight excluding hydrogens is 228 g/mol. The van der Waals surface area contributed by atoms with Gasteiger partial charge in [-0.2, -0.15) is 0 Å². The van der Waals surface area contributed by atoms with Crippen molar-refractivity contribution in [2.75, 3.05) is 33.2 Å². The summed E-state index contributed by atoms with van der Waals surface area (Å²) < 4.78 is 0. The van der Waals surface area contributed by atoms with E-state index in [1.54, 1.807) is 0 Å². The lowest BCUT2D eigenvalue weighted by Crippen LogP contribution is -2.39. The summed E-state index contributed by atoms with van der Waals surface area (Å²) in [5.74, 6) is -0.689. The van der Waals surface area contributed by atoms with Crippen LogP contribution in [0.4, 0.5) is 0 Å². The number of hydrogen-bond acceptors (Lipinski definition) is 3. The van der Waals surface area contributed by atoms with Gasteiger partial charge in [0.1, 0.15) is 0 Å². The molecule has 1 heterocycles. The normalized spacial score (nSPS) is 23.9. The molecule has 0 saturated carbocycles. The van der Waals surface area contributed by atoms with Crippen LogP contribution in [0, 0.1) is 5.41 Å². The third-order valence-electron chi connectivity index (χ3n) is 4.01. The average Bonchev–Trinajstić information content (AvgIpc) is 2.40. The second-order valence-corrected chi connectivity index (χ2v) is 6.29. The number of nitrogens with zero attached hydrogens (tertiary/aromatic N) is 2. The molecule has 0 aromatic heterocycles. The van der Waals surface area contributed by atoms with Gasteiger partial charge in [-0.3, -0.25) is 9.69 Å². The highest BCUT2D eigenvalue weighted by molar-refractivity contribution is 5.73. The van der Waals surface area contributed by atoms with Gasteiger partial charge in [-0.05, 0) is 66.7 Å². The molecule has 0 radical (unpaired) electrons. The Kier molecular flexibility index (Phi) is 5.60. The van der Waals surface area contributed by atoms with Crippen LogP contribution < -0.4 is 0 Å². The molecule has 1 fully saturated rings. The summed E-state index contributed by atoms with van der Waals surface area (Å²) in [6, 6.07) is 0.574. The molecule has 18 heavy (non-hydrogen) atoms. The minimum Gasteiger partial charge on any atom is -0.481 e. The Morgan fingerprint density at radius 3 is 2.67 bits per heavy atom. The first-order valence-electron chi connectivity index (χ1n) is 6.99. The molecule has 0 aromatic carbocycles. The first-order chi connectivity index (χ1) is 8.33. The van der Waals surface area contributed by atoms with Crippen LogP contribution in [0.25, 0.3) is 0 Å². The van der Waals surface area contributed by atoms with Gasteiger partial charge in [0.05, 0.1) is 5.41 Å². The fraction of sp³-hybridized carbons (Fsp3) is 0.929. The van der Waals surface area contributed by atoms with Gasteiger partial charge in [0, 0.05) is 12.6 Å². The van der Waals surface area contributed by atoms with Crippen LogP contribution in [0.15, 0.2) is 0 Å². The number of rotatable bonds is 5. The number of carboxylic acid groups (broad SMARTS) is 1. The van der Waals surface area contributed by atoms with Gasteiger partial charge in [0.25, 0.3) is 0 Å². The van der Waals surface area contributed by atoms with Crippen molar-refractivity contribution >= 4 is 5.97 Å². The van der Waals surface area contributed by atoms with E-state index in [1.807, 2.05) is 13.8 Å². The minimum absolute atomic E-state index is 0.574. The number of likely N-dealkylation sites (N-methyl/N-ethyl adjacent to an activating group) is 1. The number of carboxylic acids is 1. The van der Waals surface area contributed by atoms with E-state index in [9.17, 15) is 4.79 Å². The van der Waals surface area contributed by atoms with Crippen molar-refractivity contribution in [3.63, 3.8) is 0 Å². The monoisotopic (exact) mass is 256 g/mol. The predicted molar refractivity (Wildman–Crippen MR) is 73.8 cm³/mol. The highest BCUT2D eigenvalue weighted by Crippen LogP contribution is 2.23. The second kappa shape index (κ2) is 6.53.